The minimum absolute atomic E-state index is 0.257. The molecule has 0 heterocycles. The molecule has 0 amide bonds. The van der Waals surface area contributed by atoms with Gasteiger partial charge in [0.25, 0.3) is 0 Å². The van der Waals surface area contributed by atoms with Gasteiger partial charge in [0.05, 0.1) is 16.8 Å². The first kappa shape index (κ1) is 14.2. The van der Waals surface area contributed by atoms with Gasteiger partial charge >= 0.3 is 0 Å². The van der Waals surface area contributed by atoms with Gasteiger partial charge in [-0.25, -0.2) is 0 Å². The molecule has 3 nitrogen and oxygen atoms in total. The summed E-state index contributed by atoms with van der Waals surface area (Å²) in [6.07, 6.45) is 0. The summed E-state index contributed by atoms with van der Waals surface area (Å²) in [5.41, 5.74) is 1.23. The summed E-state index contributed by atoms with van der Waals surface area (Å²) < 4.78 is 16.7. The first-order chi connectivity index (χ1) is 7.77. The molecule has 1 aromatic rings. The lowest BCUT2D eigenvalue weighted by atomic mass is 10.2. The third-order valence-corrected chi connectivity index (χ3v) is 3.37. The first-order valence-electron chi connectivity index (χ1n) is 4.81. The van der Waals surface area contributed by atoms with Crippen molar-refractivity contribution in [1.82, 2.24) is 0 Å². The number of methoxy groups -OCH3 is 1. The highest BCUT2D eigenvalue weighted by Gasteiger charge is 2.01. The van der Waals surface area contributed by atoms with Crippen LogP contribution < -0.4 is 4.74 Å². The van der Waals surface area contributed by atoms with Crippen LogP contribution in [0.2, 0.25) is 0 Å². The average molecular weight is 401 g/mol. The fraction of sp³-hybridized carbons (Fsp3) is 0.455. The SMILES string of the molecule is COCCOCOc1ccc(CBr)cc1I. The van der Waals surface area contributed by atoms with Crippen LogP contribution in [-0.2, 0) is 14.8 Å². The lowest BCUT2D eigenvalue weighted by Gasteiger charge is -2.09. The van der Waals surface area contributed by atoms with Crippen molar-refractivity contribution in [3.05, 3.63) is 27.3 Å². The zero-order valence-electron chi connectivity index (χ0n) is 9.04. The highest BCUT2D eigenvalue weighted by molar-refractivity contribution is 14.1. The van der Waals surface area contributed by atoms with Crippen LogP contribution in [0.1, 0.15) is 5.56 Å². The number of hydrogen-bond donors (Lipinski definition) is 0. The molecule has 0 spiro atoms. The van der Waals surface area contributed by atoms with Gasteiger partial charge < -0.3 is 14.2 Å². The molecule has 0 aliphatic rings. The van der Waals surface area contributed by atoms with Gasteiger partial charge in [-0.3, -0.25) is 0 Å². The number of benzene rings is 1. The van der Waals surface area contributed by atoms with E-state index in [2.05, 4.69) is 44.6 Å². The molecule has 90 valence electrons. The summed E-state index contributed by atoms with van der Waals surface area (Å²) in [6.45, 7) is 1.39. The van der Waals surface area contributed by atoms with E-state index in [4.69, 9.17) is 14.2 Å². The zero-order chi connectivity index (χ0) is 11.8. The van der Waals surface area contributed by atoms with Crippen molar-refractivity contribution < 1.29 is 14.2 Å². The Bertz CT molecular complexity index is 320. The van der Waals surface area contributed by atoms with E-state index in [9.17, 15) is 0 Å². The maximum absolute atomic E-state index is 5.48. The molecular weight excluding hydrogens is 387 g/mol. The Kier molecular flexibility index (Phi) is 7.35. The summed E-state index contributed by atoms with van der Waals surface area (Å²) in [4.78, 5) is 0. The molecule has 1 rings (SSSR count). The van der Waals surface area contributed by atoms with Crippen LogP contribution in [0.5, 0.6) is 5.75 Å². The molecule has 1 aromatic carbocycles. The van der Waals surface area contributed by atoms with Crippen LogP contribution in [0.4, 0.5) is 0 Å². The maximum atomic E-state index is 5.48. The molecule has 0 aliphatic heterocycles. The Morgan fingerprint density at radius 2 is 2.12 bits per heavy atom. The van der Waals surface area contributed by atoms with Gasteiger partial charge in [-0.15, -0.1) is 0 Å². The van der Waals surface area contributed by atoms with Gasteiger partial charge in [0.15, 0.2) is 6.79 Å². The van der Waals surface area contributed by atoms with Gasteiger partial charge in [0.2, 0.25) is 0 Å². The summed E-state index contributed by atoms with van der Waals surface area (Å²) in [6, 6.07) is 6.07. The topological polar surface area (TPSA) is 27.7 Å². The molecule has 0 fully saturated rings. The van der Waals surface area contributed by atoms with Gasteiger partial charge in [-0.2, -0.15) is 0 Å². The number of halogens is 2. The van der Waals surface area contributed by atoms with E-state index in [0.717, 1.165) is 14.6 Å². The predicted octanol–water partition coefficient (Wildman–Crippen LogP) is 3.19. The molecule has 0 saturated heterocycles. The molecule has 0 aliphatic carbocycles. The molecule has 0 N–H and O–H groups in total. The number of rotatable bonds is 7. The van der Waals surface area contributed by atoms with Crippen molar-refractivity contribution in [3.8, 4) is 5.75 Å². The van der Waals surface area contributed by atoms with Gasteiger partial charge in [-0.1, -0.05) is 22.0 Å². The van der Waals surface area contributed by atoms with E-state index >= 15 is 0 Å². The third-order valence-electron chi connectivity index (χ3n) is 1.88. The molecule has 5 heteroatoms. The van der Waals surface area contributed by atoms with Crippen LogP contribution in [0.15, 0.2) is 18.2 Å². The maximum Gasteiger partial charge on any atom is 0.189 e. The second-order valence-electron chi connectivity index (χ2n) is 3.06. The lowest BCUT2D eigenvalue weighted by Crippen LogP contribution is -2.08. The monoisotopic (exact) mass is 400 g/mol. The molecule has 0 aromatic heterocycles. The van der Waals surface area contributed by atoms with Gasteiger partial charge in [0.1, 0.15) is 5.75 Å². The van der Waals surface area contributed by atoms with Crippen LogP contribution in [0.25, 0.3) is 0 Å². The predicted molar refractivity (Wildman–Crippen MR) is 75.1 cm³/mol. The minimum Gasteiger partial charge on any atom is -0.466 e. The third kappa shape index (κ3) is 4.99. The summed E-state index contributed by atoms with van der Waals surface area (Å²) >= 11 is 5.67. The molecule has 0 atom stereocenters. The van der Waals surface area contributed by atoms with Gasteiger partial charge in [-0.05, 0) is 40.3 Å². The van der Waals surface area contributed by atoms with E-state index < -0.39 is 0 Å². The zero-order valence-corrected chi connectivity index (χ0v) is 12.8. The molecular formula is C11H14BrIO3. The molecule has 0 saturated carbocycles. The van der Waals surface area contributed by atoms with Crippen molar-refractivity contribution in [1.29, 1.82) is 0 Å². The molecule has 16 heavy (non-hydrogen) atoms. The second-order valence-corrected chi connectivity index (χ2v) is 4.78. The standard InChI is InChI=1S/C11H14BrIO3/c1-14-4-5-15-8-16-11-3-2-9(7-12)6-10(11)13/h2-3,6H,4-5,7-8H2,1H3. The van der Waals surface area contributed by atoms with E-state index in [1.54, 1.807) is 7.11 Å². The number of hydrogen-bond acceptors (Lipinski definition) is 3. The molecule has 0 unspecified atom stereocenters. The van der Waals surface area contributed by atoms with Crippen LogP contribution in [0, 0.1) is 3.57 Å². The van der Waals surface area contributed by atoms with Crippen molar-refractivity contribution in [2.75, 3.05) is 27.1 Å². The normalized spacial score (nSPS) is 10.4. The van der Waals surface area contributed by atoms with Gasteiger partial charge in [0, 0.05) is 12.4 Å². The Hall–Kier alpha value is 0.150. The number of ether oxygens (including phenoxy) is 3. The molecule has 0 bridgehead atoms. The highest BCUT2D eigenvalue weighted by Crippen LogP contribution is 2.23. The van der Waals surface area contributed by atoms with Crippen molar-refractivity contribution in [2.24, 2.45) is 0 Å². The van der Waals surface area contributed by atoms with Crippen LogP contribution in [0.3, 0.4) is 0 Å². The van der Waals surface area contributed by atoms with E-state index in [1.807, 2.05) is 12.1 Å². The Morgan fingerprint density at radius 1 is 1.31 bits per heavy atom. The summed E-state index contributed by atoms with van der Waals surface area (Å²) in [5, 5.41) is 0.855. The second kappa shape index (κ2) is 8.27. The Balaban J connectivity index is 2.36. The van der Waals surface area contributed by atoms with Crippen molar-refractivity contribution in [2.45, 2.75) is 5.33 Å². The highest BCUT2D eigenvalue weighted by atomic mass is 127. The molecule has 0 radical (unpaired) electrons. The van der Waals surface area contributed by atoms with E-state index in [-0.39, 0.29) is 6.79 Å². The minimum atomic E-state index is 0.257. The smallest absolute Gasteiger partial charge is 0.189 e. The largest absolute Gasteiger partial charge is 0.466 e. The van der Waals surface area contributed by atoms with Crippen LogP contribution in [-0.4, -0.2) is 27.1 Å². The summed E-state index contributed by atoms with van der Waals surface area (Å²) in [7, 11) is 1.64. The van der Waals surface area contributed by atoms with E-state index in [1.165, 1.54) is 5.56 Å². The van der Waals surface area contributed by atoms with E-state index in [0.29, 0.717) is 13.2 Å². The number of alkyl halides is 1. The van der Waals surface area contributed by atoms with Crippen molar-refractivity contribution >= 4 is 38.5 Å². The Morgan fingerprint density at radius 3 is 2.75 bits per heavy atom. The van der Waals surface area contributed by atoms with Crippen molar-refractivity contribution in [3.63, 3.8) is 0 Å². The first-order valence-corrected chi connectivity index (χ1v) is 7.02. The fourth-order valence-corrected chi connectivity index (χ4v) is 2.14. The summed E-state index contributed by atoms with van der Waals surface area (Å²) in [5.74, 6) is 0.850. The fourth-order valence-electron chi connectivity index (χ4n) is 1.05. The Labute approximate surface area is 118 Å². The quantitative estimate of drug-likeness (QED) is 0.304. The average Bonchev–Trinajstić information content (AvgIpc) is 2.30. The van der Waals surface area contributed by atoms with Crippen LogP contribution >= 0.6 is 38.5 Å². The lowest BCUT2D eigenvalue weighted by molar-refractivity contribution is -0.00884.